The maximum Gasteiger partial charge on any atom is 0.159 e. The Labute approximate surface area is 345 Å². The van der Waals surface area contributed by atoms with E-state index in [1.54, 1.807) is 0 Å². The molecule has 0 amide bonds. The van der Waals surface area contributed by atoms with Gasteiger partial charge in [-0.2, -0.15) is 0 Å². The Morgan fingerprint density at radius 1 is 0.373 bits per heavy atom. The van der Waals surface area contributed by atoms with Crippen LogP contribution in [0, 0.1) is 0 Å². The Morgan fingerprint density at radius 2 is 1.00 bits per heavy atom. The van der Waals surface area contributed by atoms with Crippen LogP contribution in [-0.2, 0) is 0 Å². The molecule has 2 heterocycles. The molecule has 2 nitrogen and oxygen atoms in total. The standard InChI is InChI=1S/C56H35NOS/c1-3-12-36(13-4-1)42-28-31-46-47-19-11-20-51(55(47)58-52(46)35-42)57(50-33-32-45(38-14-5-2-6-15-38)56-54(50)48-18-9-10-21-53(48)59-56)43-29-26-37(27-30-43)41-25-24-40-23-22-39-16-7-8-17-44(39)49(40)34-41/h1-35H. The molecule has 0 aliphatic carbocycles. The fourth-order valence-corrected chi connectivity index (χ4v) is 10.3. The zero-order valence-corrected chi connectivity index (χ0v) is 32.8. The Kier molecular flexibility index (Phi) is 7.75. The lowest BCUT2D eigenvalue weighted by Gasteiger charge is -2.27. The molecule has 0 spiro atoms. The molecule has 2 aromatic heterocycles. The molecule has 0 N–H and O–H groups in total. The largest absolute Gasteiger partial charge is 0.454 e. The van der Waals surface area contributed by atoms with E-state index in [9.17, 15) is 0 Å². The summed E-state index contributed by atoms with van der Waals surface area (Å²) in [6.07, 6.45) is 0. The average molecular weight is 770 g/mol. The third kappa shape index (κ3) is 5.55. The third-order valence-electron chi connectivity index (χ3n) is 11.9. The van der Waals surface area contributed by atoms with Crippen molar-refractivity contribution in [2.45, 2.75) is 0 Å². The minimum absolute atomic E-state index is 0.859. The molecular formula is C56H35NOS. The molecule has 0 saturated carbocycles. The first-order chi connectivity index (χ1) is 29.2. The fourth-order valence-electron chi connectivity index (χ4n) is 9.00. The number of hydrogen-bond acceptors (Lipinski definition) is 3. The topological polar surface area (TPSA) is 16.4 Å². The van der Waals surface area contributed by atoms with Crippen LogP contribution in [0.3, 0.4) is 0 Å². The smallest absolute Gasteiger partial charge is 0.159 e. The zero-order chi connectivity index (χ0) is 38.9. The summed E-state index contributed by atoms with van der Waals surface area (Å²) >= 11 is 1.86. The van der Waals surface area contributed by atoms with Crippen molar-refractivity contribution in [3.05, 3.63) is 212 Å². The molecule has 12 aromatic rings. The van der Waals surface area contributed by atoms with Gasteiger partial charge in [-0.3, -0.25) is 0 Å². The van der Waals surface area contributed by atoms with Crippen molar-refractivity contribution >= 4 is 92.1 Å². The Balaban J connectivity index is 1.08. The second-order valence-corrected chi connectivity index (χ2v) is 16.3. The van der Waals surface area contributed by atoms with Crippen molar-refractivity contribution in [1.29, 1.82) is 0 Å². The number of benzene rings is 10. The van der Waals surface area contributed by atoms with Gasteiger partial charge >= 0.3 is 0 Å². The van der Waals surface area contributed by atoms with E-state index in [2.05, 4.69) is 217 Å². The van der Waals surface area contributed by atoms with Crippen molar-refractivity contribution in [3.63, 3.8) is 0 Å². The molecule has 0 unspecified atom stereocenters. The van der Waals surface area contributed by atoms with E-state index in [-0.39, 0.29) is 0 Å². The van der Waals surface area contributed by atoms with Crippen LogP contribution in [0.25, 0.3) is 97.0 Å². The van der Waals surface area contributed by atoms with Crippen molar-refractivity contribution < 1.29 is 4.42 Å². The molecule has 0 aliphatic rings. The van der Waals surface area contributed by atoms with Crippen LogP contribution in [0.4, 0.5) is 17.1 Å². The van der Waals surface area contributed by atoms with Crippen LogP contribution < -0.4 is 4.90 Å². The van der Waals surface area contributed by atoms with Gasteiger partial charge in [-0.1, -0.05) is 164 Å². The van der Waals surface area contributed by atoms with E-state index in [1.807, 2.05) is 11.3 Å². The molecule has 0 fully saturated rings. The average Bonchev–Trinajstić information content (AvgIpc) is 3.89. The third-order valence-corrected chi connectivity index (χ3v) is 13.1. The van der Waals surface area contributed by atoms with Crippen LogP contribution in [0.1, 0.15) is 0 Å². The van der Waals surface area contributed by atoms with Gasteiger partial charge in [-0.05, 0) is 103 Å². The molecular weight excluding hydrogens is 735 g/mol. The van der Waals surface area contributed by atoms with E-state index in [4.69, 9.17) is 4.42 Å². The number of para-hydroxylation sites is 1. The van der Waals surface area contributed by atoms with Gasteiger partial charge in [0.1, 0.15) is 5.58 Å². The van der Waals surface area contributed by atoms with Crippen molar-refractivity contribution in [2.75, 3.05) is 4.90 Å². The van der Waals surface area contributed by atoms with Gasteiger partial charge < -0.3 is 9.32 Å². The minimum Gasteiger partial charge on any atom is -0.454 e. The van der Waals surface area contributed by atoms with Crippen LogP contribution in [0.2, 0.25) is 0 Å². The highest BCUT2D eigenvalue weighted by atomic mass is 32.1. The van der Waals surface area contributed by atoms with Crippen LogP contribution in [0.15, 0.2) is 217 Å². The number of hydrogen-bond donors (Lipinski definition) is 0. The van der Waals surface area contributed by atoms with Crippen molar-refractivity contribution in [1.82, 2.24) is 0 Å². The predicted octanol–water partition coefficient (Wildman–Crippen LogP) is 16.7. The molecule has 0 bridgehead atoms. The first kappa shape index (κ1) is 33.7. The van der Waals surface area contributed by atoms with E-state index in [0.717, 1.165) is 44.6 Å². The molecule has 3 heteroatoms. The summed E-state index contributed by atoms with van der Waals surface area (Å²) in [6.45, 7) is 0. The molecule has 0 saturated heterocycles. The number of anilines is 3. The number of nitrogens with zero attached hydrogens (tertiary/aromatic N) is 1. The molecule has 0 atom stereocenters. The molecule has 59 heavy (non-hydrogen) atoms. The lowest BCUT2D eigenvalue weighted by molar-refractivity contribution is 0.669. The van der Waals surface area contributed by atoms with E-state index < -0.39 is 0 Å². The SMILES string of the molecule is c1ccc(-c2ccc3c(c2)oc2c(N(c4ccc(-c5ccc6ccc7ccccc7c6c5)cc4)c4ccc(-c5ccccc5)c5sc6ccccc6c45)cccc23)cc1. The Bertz CT molecular complexity index is 3550. The van der Waals surface area contributed by atoms with E-state index in [0.29, 0.717) is 0 Å². The number of furan rings is 1. The van der Waals surface area contributed by atoms with Crippen molar-refractivity contribution in [3.8, 4) is 33.4 Å². The fraction of sp³-hybridized carbons (Fsp3) is 0. The van der Waals surface area contributed by atoms with Crippen molar-refractivity contribution in [2.24, 2.45) is 0 Å². The quantitative estimate of drug-likeness (QED) is 0.157. The van der Waals surface area contributed by atoms with Gasteiger partial charge in [0.05, 0.1) is 11.4 Å². The second-order valence-electron chi connectivity index (χ2n) is 15.2. The van der Waals surface area contributed by atoms with Gasteiger partial charge in [0.2, 0.25) is 0 Å². The molecule has 0 radical (unpaired) electrons. The first-order valence-corrected chi connectivity index (χ1v) is 20.9. The molecule has 0 aliphatic heterocycles. The summed E-state index contributed by atoms with van der Waals surface area (Å²) < 4.78 is 9.51. The Hall–Kier alpha value is -7.46. The van der Waals surface area contributed by atoms with E-state index >= 15 is 0 Å². The predicted molar refractivity (Wildman–Crippen MR) is 253 cm³/mol. The summed E-state index contributed by atoms with van der Waals surface area (Å²) in [5, 5.41) is 9.71. The monoisotopic (exact) mass is 769 g/mol. The lowest BCUT2D eigenvalue weighted by atomic mass is 9.97. The van der Waals surface area contributed by atoms with Crippen LogP contribution in [-0.4, -0.2) is 0 Å². The maximum absolute atomic E-state index is 6.97. The Morgan fingerprint density at radius 3 is 1.83 bits per heavy atom. The minimum atomic E-state index is 0.859. The molecule has 10 aromatic carbocycles. The lowest BCUT2D eigenvalue weighted by Crippen LogP contribution is -2.10. The summed E-state index contributed by atoms with van der Waals surface area (Å²) in [6, 6.07) is 76.8. The van der Waals surface area contributed by atoms with Gasteiger partial charge in [-0.15, -0.1) is 11.3 Å². The van der Waals surface area contributed by atoms with Gasteiger partial charge in [-0.25, -0.2) is 0 Å². The van der Waals surface area contributed by atoms with Crippen LogP contribution in [0.5, 0.6) is 0 Å². The van der Waals surface area contributed by atoms with Crippen LogP contribution >= 0.6 is 11.3 Å². The highest BCUT2D eigenvalue weighted by Crippen LogP contribution is 2.50. The van der Waals surface area contributed by atoms with Gasteiger partial charge in [0, 0.05) is 36.6 Å². The summed E-state index contributed by atoms with van der Waals surface area (Å²) in [5.41, 5.74) is 12.0. The number of fused-ring (bicyclic) bond motifs is 9. The zero-order valence-electron chi connectivity index (χ0n) is 32.0. The summed E-state index contributed by atoms with van der Waals surface area (Å²) in [4.78, 5) is 2.41. The second kappa shape index (κ2) is 13.6. The van der Waals surface area contributed by atoms with Gasteiger partial charge in [0.15, 0.2) is 5.58 Å². The number of thiophene rings is 1. The molecule has 276 valence electrons. The normalized spacial score (nSPS) is 11.7. The van der Waals surface area contributed by atoms with E-state index in [1.165, 1.54) is 69.5 Å². The number of rotatable bonds is 6. The van der Waals surface area contributed by atoms with Gasteiger partial charge in [0.25, 0.3) is 0 Å². The summed E-state index contributed by atoms with van der Waals surface area (Å²) in [7, 11) is 0. The first-order valence-electron chi connectivity index (χ1n) is 20.1. The summed E-state index contributed by atoms with van der Waals surface area (Å²) in [5.74, 6) is 0. The molecule has 12 rings (SSSR count). The highest BCUT2D eigenvalue weighted by Gasteiger charge is 2.24. The highest BCUT2D eigenvalue weighted by molar-refractivity contribution is 7.26. The maximum atomic E-state index is 6.97.